The van der Waals surface area contributed by atoms with Crippen LogP contribution in [-0.2, 0) is 20.4 Å². The summed E-state index contributed by atoms with van der Waals surface area (Å²) in [7, 11) is -3.14. The molecular formula is C16H23NO3S. The minimum Gasteiger partial charge on any atom is -0.343 e. The minimum atomic E-state index is -3.14. The number of benzene rings is 1. The first-order valence-corrected chi connectivity index (χ1v) is 9.27. The van der Waals surface area contributed by atoms with Crippen molar-refractivity contribution in [2.75, 3.05) is 13.1 Å². The molecule has 1 aliphatic heterocycles. The lowest BCUT2D eigenvalue weighted by atomic mass is 10.1. The Morgan fingerprint density at radius 3 is 2.38 bits per heavy atom. The van der Waals surface area contributed by atoms with Gasteiger partial charge in [-0.1, -0.05) is 37.3 Å². The molecule has 2 rings (SSSR count). The molecule has 0 radical (unpaired) electrons. The molecular weight excluding hydrogens is 286 g/mol. The summed E-state index contributed by atoms with van der Waals surface area (Å²) in [4.78, 5) is 13.6. The maximum atomic E-state index is 12.5. The molecule has 0 saturated carbocycles. The lowest BCUT2D eigenvalue weighted by Gasteiger charge is -2.31. The molecule has 4 nitrogen and oxygen atoms in total. The highest BCUT2D eigenvalue weighted by atomic mass is 32.2. The first-order chi connectivity index (χ1) is 10.0. The topological polar surface area (TPSA) is 54.5 Å². The number of hydrogen-bond donors (Lipinski definition) is 0. The third-order valence-electron chi connectivity index (χ3n) is 3.98. The zero-order chi connectivity index (χ0) is 15.3. The van der Waals surface area contributed by atoms with Crippen LogP contribution in [-0.4, -0.2) is 37.6 Å². The van der Waals surface area contributed by atoms with Gasteiger partial charge in [-0.2, -0.15) is 0 Å². The summed E-state index contributed by atoms with van der Waals surface area (Å²) < 4.78 is 24.9. The first-order valence-electron chi connectivity index (χ1n) is 7.56. The maximum absolute atomic E-state index is 12.5. The quantitative estimate of drug-likeness (QED) is 0.839. The Morgan fingerprint density at radius 2 is 1.81 bits per heavy atom. The van der Waals surface area contributed by atoms with Gasteiger partial charge in [-0.15, -0.1) is 0 Å². The third-order valence-corrected chi connectivity index (χ3v) is 6.20. The van der Waals surface area contributed by atoms with Crippen LogP contribution in [0.5, 0.6) is 0 Å². The molecule has 116 valence electrons. The van der Waals surface area contributed by atoms with E-state index in [4.69, 9.17) is 0 Å². The Balaban J connectivity index is 1.93. The van der Waals surface area contributed by atoms with E-state index in [9.17, 15) is 13.2 Å². The van der Waals surface area contributed by atoms with E-state index >= 15 is 0 Å². The van der Waals surface area contributed by atoms with Crippen molar-refractivity contribution in [1.29, 1.82) is 0 Å². The average molecular weight is 309 g/mol. The van der Waals surface area contributed by atoms with Crippen molar-refractivity contribution in [3.05, 3.63) is 35.9 Å². The first kappa shape index (κ1) is 16.0. The van der Waals surface area contributed by atoms with Crippen LogP contribution in [0.2, 0.25) is 0 Å². The number of piperidine rings is 1. The molecule has 0 N–H and O–H groups in total. The van der Waals surface area contributed by atoms with E-state index < -0.39 is 9.84 Å². The van der Waals surface area contributed by atoms with Gasteiger partial charge in [-0.3, -0.25) is 4.79 Å². The van der Waals surface area contributed by atoms with Crippen molar-refractivity contribution in [2.45, 2.75) is 43.6 Å². The molecule has 0 spiro atoms. The fourth-order valence-corrected chi connectivity index (χ4v) is 4.58. The Morgan fingerprint density at radius 1 is 1.19 bits per heavy atom. The summed E-state index contributed by atoms with van der Waals surface area (Å²) in [5, 5.41) is -0.316. The van der Waals surface area contributed by atoms with E-state index in [-0.39, 0.29) is 16.9 Å². The van der Waals surface area contributed by atoms with Crippen LogP contribution in [0.15, 0.2) is 30.3 Å². The highest BCUT2D eigenvalue weighted by Gasteiger charge is 2.31. The summed E-state index contributed by atoms with van der Waals surface area (Å²) in [6.07, 6.45) is 2.52. The van der Waals surface area contributed by atoms with Crippen molar-refractivity contribution in [1.82, 2.24) is 4.90 Å². The molecule has 1 aromatic carbocycles. The predicted molar refractivity (Wildman–Crippen MR) is 83.6 cm³/mol. The van der Waals surface area contributed by atoms with Gasteiger partial charge in [0.25, 0.3) is 0 Å². The second kappa shape index (κ2) is 7.07. The number of rotatable bonds is 5. The van der Waals surface area contributed by atoms with Crippen LogP contribution in [0, 0.1) is 0 Å². The number of likely N-dealkylation sites (tertiary alicyclic amines) is 1. The van der Waals surface area contributed by atoms with Crippen LogP contribution in [0.1, 0.15) is 38.2 Å². The fourth-order valence-electron chi connectivity index (χ4n) is 2.76. The molecule has 0 atom stereocenters. The standard InChI is InChI=1S/C16H23NO3S/c1-2-6-16(18)17-11-9-15(10-12-17)21(19,20)13-14-7-4-3-5-8-14/h3-5,7-8,15H,2,6,9-13H2,1H3. The van der Waals surface area contributed by atoms with Crippen LogP contribution >= 0.6 is 0 Å². The van der Waals surface area contributed by atoms with Crippen LogP contribution in [0.25, 0.3) is 0 Å². The minimum absolute atomic E-state index is 0.0986. The molecule has 0 aliphatic carbocycles. The smallest absolute Gasteiger partial charge is 0.222 e. The van der Waals surface area contributed by atoms with Gasteiger partial charge in [0.2, 0.25) is 5.91 Å². The third kappa shape index (κ3) is 4.30. The lowest BCUT2D eigenvalue weighted by molar-refractivity contribution is -0.132. The van der Waals surface area contributed by atoms with E-state index in [0.717, 1.165) is 12.0 Å². The van der Waals surface area contributed by atoms with E-state index in [0.29, 0.717) is 32.4 Å². The van der Waals surface area contributed by atoms with Gasteiger partial charge in [-0.05, 0) is 24.8 Å². The fraction of sp³-hybridized carbons (Fsp3) is 0.562. The predicted octanol–water partition coefficient (Wildman–Crippen LogP) is 2.39. The molecule has 5 heteroatoms. The number of hydrogen-bond acceptors (Lipinski definition) is 3. The average Bonchev–Trinajstić information content (AvgIpc) is 2.48. The highest BCUT2D eigenvalue weighted by Crippen LogP contribution is 2.22. The van der Waals surface area contributed by atoms with Gasteiger partial charge in [0.1, 0.15) is 0 Å². The maximum Gasteiger partial charge on any atom is 0.222 e. The number of nitrogens with zero attached hydrogens (tertiary/aromatic N) is 1. The summed E-state index contributed by atoms with van der Waals surface area (Å²) >= 11 is 0. The van der Waals surface area contributed by atoms with Crippen molar-refractivity contribution in [3.63, 3.8) is 0 Å². The molecule has 1 fully saturated rings. The molecule has 21 heavy (non-hydrogen) atoms. The number of carbonyl (C=O) groups is 1. The molecule has 0 bridgehead atoms. The molecule has 1 aromatic rings. The molecule has 1 heterocycles. The van der Waals surface area contributed by atoms with Crippen molar-refractivity contribution < 1.29 is 13.2 Å². The van der Waals surface area contributed by atoms with Crippen molar-refractivity contribution in [2.24, 2.45) is 0 Å². The number of sulfone groups is 1. The second-order valence-electron chi connectivity index (χ2n) is 5.62. The normalized spacial score (nSPS) is 16.9. The van der Waals surface area contributed by atoms with Crippen molar-refractivity contribution >= 4 is 15.7 Å². The molecule has 0 aromatic heterocycles. The van der Waals surface area contributed by atoms with E-state index in [1.54, 1.807) is 4.90 Å². The van der Waals surface area contributed by atoms with Gasteiger partial charge in [-0.25, -0.2) is 8.42 Å². The Labute approximate surface area is 127 Å². The molecule has 1 saturated heterocycles. The zero-order valence-corrected chi connectivity index (χ0v) is 13.3. The Kier molecular flexibility index (Phi) is 5.39. The van der Waals surface area contributed by atoms with Crippen LogP contribution in [0.4, 0.5) is 0 Å². The van der Waals surface area contributed by atoms with E-state index in [1.807, 2.05) is 37.3 Å². The summed E-state index contributed by atoms with van der Waals surface area (Å²) in [5.74, 6) is 0.248. The molecule has 0 unspecified atom stereocenters. The Hall–Kier alpha value is -1.36. The summed E-state index contributed by atoms with van der Waals surface area (Å²) in [6, 6.07) is 9.29. The van der Waals surface area contributed by atoms with E-state index in [1.165, 1.54) is 0 Å². The summed E-state index contributed by atoms with van der Waals surface area (Å²) in [5.41, 5.74) is 0.835. The molecule has 1 amide bonds. The lowest BCUT2D eigenvalue weighted by Crippen LogP contribution is -2.42. The largest absolute Gasteiger partial charge is 0.343 e. The van der Waals surface area contributed by atoms with Crippen molar-refractivity contribution in [3.8, 4) is 0 Å². The second-order valence-corrected chi connectivity index (χ2v) is 7.90. The Bertz CT molecular complexity index is 560. The van der Waals surface area contributed by atoms with Gasteiger partial charge < -0.3 is 4.90 Å². The van der Waals surface area contributed by atoms with Crippen LogP contribution in [0.3, 0.4) is 0 Å². The molecule has 1 aliphatic rings. The highest BCUT2D eigenvalue weighted by molar-refractivity contribution is 7.91. The van der Waals surface area contributed by atoms with Gasteiger partial charge in [0.15, 0.2) is 9.84 Å². The SMILES string of the molecule is CCCC(=O)N1CCC(S(=O)(=O)Cc2ccccc2)CC1. The zero-order valence-electron chi connectivity index (χ0n) is 12.5. The summed E-state index contributed by atoms with van der Waals surface area (Å²) in [6.45, 7) is 3.12. The van der Waals surface area contributed by atoms with Crippen LogP contribution < -0.4 is 0 Å². The van der Waals surface area contributed by atoms with Gasteiger partial charge >= 0.3 is 0 Å². The van der Waals surface area contributed by atoms with Gasteiger partial charge in [0, 0.05) is 19.5 Å². The monoisotopic (exact) mass is 309 g/mol. The van der Waals surface area contributed by atoms with Gasteiger partial charge in [0.05, 0.1) is 11.0 Å². The number of amides is 1. The number of carbonyl (C=O) groups excluding carboxylic acids is 1. The van der Waals surface area contributed by atoms with E-state index in [2.05, 4.69) is 0 Å².